The fourth-order valence-electron chi connectivity index (χ4n) is 4.22. The molecule has 5 nitrogen and oxygen atoms in total. The molecule has 2 fully saturated rings. The molecule has 0 bridgehead atoms. The normalized spacial score (nSPS) is 26.6. The first-order valence-corrected chi connectivity index (χ1v) is 9.19. The lowest BCUT2D eigenvalue weighted by molar-refractivity contribution is -0.146. The van der Waals surface area contributed by atoms with Crippen LogP contribution in [0.2, 0.25) is 0 Å². The number of nitrogens with zero attached hydrogens (tertiary/aromatic N) is 1. The SMILES string of the molecule is CCOC[C@]12CCCO[C@H]1CCN(C(=O)c1cc3ccccc3o1)C2. The lowest BCUT2D eigenvalue weighted by Gasteiger charge is -2.50. The minimum atomic E-state index is -0.0891. The quantitative estimate of drug-likeness (QED) is 0.853. The number of para-hydroxylation sites is 1. The molecule has 25 heavy (non-hydrogen) atoms. The highest BCUT2D eigenvalue weighted by molar-refractivity contribution is 5.96. The fourth-order valence-corrected chi connectivity index (χ4v) is 4.22. The van der Waals surface area contributed by atoms with E-state index < -0.39 is 0 Å². The Bertz CT molecular complexity index is 722. The van der Waals surface area contributed by atoms with Crippen molar-refractivity contribution in [2.75, 3.05) is 32.9 Å². The van der Waals surface area contributed by atoms with E-state index in [1.54, 1.807) is 0 Å². The summed E-state index contributed by atoms with van der Waals surface area (Å²) in [4.78, 5) is 14.9. The molecule has 0 radical (unpaired) electrons. The molecule has 0 N–H and O–H groups in total. The van der Waals surface area contributed by atoms with Gasteiger partial charge < -0.3 is 18.8 Å². The maximum absolute atomic E-state index is 13.0. The minimum Gasteiger partial charge on any atom is -0.451 e. The highest BCUT2D eigenvalue weighted by atomic mass is 16.5. The highest BCUT2D eigenvalue weighted by Crippen LogP contribution is 2.41. The van der Waals surface area contributed by atoms with Gasteiger partial charge in [0.25, 0.3) is 5.91 Å². The van der Waals surface area contributed by atoms with Crippen molar-refractivity contribution in [3.63, 3.8) is 0 Å². The van der Waals surface area contributed by atoms with Crippen molar-refractivity contribution in [3.8, 4) is 0 Å². The molecule has 0 aliphatic carbocycles. The highest BCUT2D eigenvalue weighted by Gasteiger charge is 2.47. The van der Waals surface area contributed by atoms with Gasteiger partial charge in [-0.2, -0.15) is 0 Å². The van der Waals surface area contributed by atoms with E-state index in [1.165, 1.54) is 0 Å². The van der Waals surface area contributed by atoms with E-state index >= 15 is 0 Å². The number of carbonyl (C=O) groups is 1. The van der Waals surface area contributed by atoms with E-state index in [1.807, 2.05) is 42.2 Å². The van der Waals surface area contributed by atoms with Gasteiger partial charge in [-0.15, -0.1) is 0 Å². The smallest absolute Gasteiger partial charge is 0.289 e. The maximum Gasteiger partial charge on any atom is 0.289 e. The topological polar surface area (TPSA) is 51.9 Å². The van der Waals surface area contributed by atoms with Crippen molar-refractivity contribution in [2.45, 2.75) is 32.3 Å². The molecule has 2 aliphatic rings. The van der Waals surface area contributed by atoms with E-state index in [4.69, 9.17) is 13.9 Å². The first-order valence-electron chi connectivity index (χ1n) is 9.19. The number of furan rings is 1. The van der Waals surface area contributed by atoms with Crippen LogP contribution in [0.1, 0.15) is 36.7 Å². The molecule has 0 unspecified atom stereocenters. The number of hydrogen-bond donors (Lipinski definition) is 0. The maximum atomic E-state index is 13.0. The van der Waals surface area contributed by atoms with Crippen LogP contribution in [0.15, 0.2) is 34.7 Å². The molecule has 2 aromatic rings. The molecule has 1 amide bonds. The Labute approximate surface area is 147 Å². The Hall–Kier alpha value is -1.85. The summed E-state index contributed by atoms with van der Waals surface area (Å²) in [6, 6.07) is 9.57. The van der Waals surface area contributed by atoms with Crippen molar-refractivity contribution in [3.05, 3.63) is 36.1 Å². The van der Waals surface area contributed by atoms with Crippen LogP contribution in [-0.2, 0) is 9.47 Å². The van der Waals surface area contributed by atoms with Crippen LogP contribution in [0.3, 0.4) is 0 Å². The van der Waals surface area contributed by atoms with Crippen molar-refractivity contribution in [1.29, 1.82) is 0 Å². The lowest BCUT2D eigenvalue weighted by Crippen LogP contribution is -2.58. The van der Waals surface area contributed by atoms with E-state index in [0.29, 0.717) is 32.1 Å². The second kappa shape index (κ2) is 6.81. The number of ether oxygens (including phenoxy) is 2. The summed E-state index contributed by atoms with van der Waals surface area (Å²) in [5, 5.41) is 0.964. The van der Waals surface area contributed by atoms with Gasteiger partial charge in [0.2, 0.25) is 0 Å². The molecule has 1 aromatic carbocycles. The van der Waals surface area contributed by atoms with Gasteiger partial charge in [-0.3, -0.25) is 4.79 Å². The molecule has 5 heteroatoms. The van der Waals surface area contributed by atoms with Crippen molar-refractivity contribution >= 4 is 16.9 Å². The number of benzene rings is 1. The number of rotatable bonds is 4. The summed E-state index contributed by atoms with van der Waals surface area (Å²) in [5.41, 5.74) is 0.666. The fraction of sp³-hybridized carbons (Fsp3) is 0.550. The predicted octanol–water partition coefficient (Wildman–Crippen LogP) is 3.48. The number of hydrogen-bond acceptors (Lipinski definition) is 4. The molecule has 134 valence electrons. The molecule has 0 spiro atoms. The Morgan fingerprint density at radius 2 is 2.28 bits per heavy atom. The molecular formula is C20H25NO4. The Morgan fingerprint density at radius 1 is 1.40 bits per heavy atom. The zero-order valence-electron chi connectivity index (χ0n) is 14.7. The molecule has 2 aliphatic heterocycles. The van der Waals surface area contributed by atoms with Crippen molar-refractivity contribution < 1.29 is 18.7 Å². The largest absolute Gasteiger partial charge is 0.451 e. The lowest BCUT2D eigenvalue weighted by atomic mass is 9.73. The van der Waals surface area contributed by atoms with Crippen LogP contribution in [0.25, 0.3) is 11.0 Å². The third-order valence-corrected chi connectivity index (χ3v) is 5.51. The molecule has 1 aromatic heterocycles. The van der Waals surface area contributed by atoms with Gasteiger partial charge in [0.15, 0.2) is 5.76 Å². The predicted molar refractivity (Wildman–Crippen MR) is 94.6 cm³/mol. The Balaban J connectivity index is 1.56. The number of likely N-dealkylation sites (tertiary alicyclic amines) is 1. The number of carbonyl (C=O) groups excluding carboxylic acids is 1. The van der Waals surface area contributed by atoms with Gasteiger partial charge in [0.1, 0.15) is 5.58 Å². The molecule has 0 saturated carbocycles. The minimum absolute atomic E-state index is 0.0314. The number of amides is 1. The first-order chi connectivity index (χ1) is 12.2. The third kappa shape index (κ3) is 3.07. The summed E-state index contributed by atoms with van der Waals surface area (Å²) >= 11 is 0. The summed E-state index contributed by atoms with van der Waals surface area (Å²) in [7, 11) is 0. The van der Waals surface area contributed by atoms with E-state index in [2.05, 4.69) is 0 Å². The van der Waals surface area contributed by atoms with Crippen LogP contribution < -0.4 is 0 Å². The van der Waals surface area contributed by atoms with Gasteiger partial charge in [0.05, 0.1) is 12.7 Å². The standard InChI is InChI=1S/C20H25NO4/c1-2-23-14-20-9-5-11-24-18(20)8-10-21(13-20)19(22)17-12-15-6-3-4-7-16(15)25-17/h3-4,6-7,12,18H,2,5,8-11,13-14H2,1H3/t18-,20+/m0/s1. The second-order valence-electron chi connectivity index (χ2n) is 7.13. The van der Waals surface area contributed by atoms with E-state index in [-0.39, 0.29) is 17.4 Å². The average Bonchev–Trinajstić information content (AvgIpc) is 3.09. The Morgan fingerprint density at radius 3 is 3.12 bits per heavy atom. The monoisotopic (exact) mass is 343 g/mol. The van der Waals surface area contributed by atoms with Crippen LogP contribution in [0.5, 0.6) is 0 Å². The Kier molecular flexibility index (Phi) is 4.52. The van der Waals surface area contributed by atoms with Gasteiger partial charge in [-0.05, 0) is 38.3 Å². The molecular weight excluding hydrogens is 318 g/mol. The van der Waals surface area contributed by atoms with Crippen LogP contribution in [0, 0.1) is 5.41 Å². The van der Waals surface area contributed by atoms with Crippen LogP contribution in [0.4, 0.5) is 0 Å². The van der Waals surface area contributed by atoms with E-state index in [0.717, 1.165) is 36.8 Å². The summed E-state index contributed by atoms with van der Waals surface area (Å²) < 4.78 is 17.6. The third-order valence-electron chi connectivity index (χ3n) is 5.51. The zero-order chi connectivity index (χ0) is 17.3. The van der Waals surface area contributed by atoms with Gasteiger partial charge >= 0.3 is 0 Å². The van der Waals surface area contributed by atoms with Gasteiger partial charge in [-0.1, -0.05) is 18.2 Å². The summed E-state index contributed by atoms with van der Waals surface area (Å²) in [6.45, 7) is 5.54. The van der Waals surface area contributed by atoms with Crippen LogP contribution >= 0.6 is 0 Å². The molecule has 3 heterocycles. The summed E-state index contributed by atoms with van der Waals surface area (Å²) in [5.74, 6) is 0.388. The first kappa shape index (κ1) is 16.6. The summed E-state index contributed by atoms with van der Waals surface area (Å²) in [6.07, 6.45) is 3.11. The second-order valence-corrected chi connectivity index (χ2v) is 7.13. The molecule has 2 atom stereocenters. The van der Waals surface area contributed by atoms with Gasteiger partial charge in [-0.25, -0.2) is 0 Å². The number of fused-ring (bicyclic) bond motifs is 2. The van der Waals surface area contributed by atoms with Gasteiger partial charge in [0, 0.05) is 37.1 Å². The van der Waals surface area contributed by atoms with Crippen molar-refractivity contribution in [1.82, 2.24) is 4.90 Å². The average molecular weight is 343 g/mol. The van der Waals surface area contributed by atoms with E-state index in [9.17, 15) is 4.79 Å². The molecule has 2 saturated heterocycles. The number of piperidine rings is 1. The zero-order valence-corrected chi connectivity index (χ0v) is 14.7. The molecule has 4 rings (SSSR count). The van der Waals surface area contributed by atoms with Crippen molar-refractivity contribution in [2.24, 2.45) is 5.41 Å². The van der Waals surface area contributed by atoms with Crippen LogP contribution in [-0.4, -0.2) is 49.8 Å².